The van der Waals surface area contributed by atoms with Crippen LogP contribution in [-0.2, 0) is 10.8 Å². The fourth-order valence-electron chi connectivity index (χ4n) is 13.3. The molecule has 0 saturated carbocycles. The highest BCUT2D eigenvalue weighted by Crippen LogP contribution is 2.49. The number of hydrogen-bond acceptors (Lipinski definition) is 2. The molecule has 0 aliphatic carbocycles. The van der Waals surface area contributed by atoms with Gasteiger partial charge in [-0.25, -0.2) is 0 Å². The molecule has 0 unspecified atom stereocenters. The van der Waals surface area contributed by atoms with Crippen LogP contribution in [0, 0.1) is 48.5 Å². The van der Waals surface area contributed by atoms with Crippen LogP contribution in [0.2, 0.25) is 0 Å². The Labute approximate surface area is 465 Å². The van der Waals surface area contributed by atoms with E-state index in [9.17, 15) is 0 Å². The van der Waals surface area contributed by atoms with Crippen LogP contribution in [0.4, 0.5) is 34.1 Å². The van der Waals surface area contributed by atoms with Crippen LogP contribution in [0.3, 0.4) is 0 Å². The SMILES string of the molecule is Cc1cc(C)c(-c2cc3c4c(c2)N(c2cccc(C(C)(C)C)c2)c2cc(-c5c(C)cc(-c6ccccc6)cc5C)ccc2B4c2ccc(-c4c(C)cc(-c5ccccc5)cc4C)cc2N3c2cccc(C(C)(C)C)c2)c(C)c1. The Balaban J connectivity index is 1.18. The van der Waals surface area contributed by atoms with Gasteiger partial charge in [0.25, 0.3) is 6.71 Å². The molecule has 78 heavy (non-hydrogen) atoms. The summed E-state index contributed by atoms with van der Waals surface area (Å²) in [5.41, 5.74) is 35.0. The van der Waals surface area contributed by atoms with Gasteiger partial charge in [-0.1, -0.05) is 193 Å². The molecule has 0 bridgehead atoms. The number of rotatable bonds is 7. The van der Waals surface area contributed by atoms with Gasteiger partial charge in [0.2, 0.25) is 0 Å². The maximum atomic E-state index is 2.62. The second kappa shape index (κ2) is 19.1. The number of fused-ring (bicyclic) bond motifs is 4. The van der Waals surface area contributed by atoms with Crippen LogP contribution in [0.15, 0.2) is 194 Å². The van der Waals surface area contributed by atoms with Crippen LogP contribution in [-0.4, -0.2) is 6.71 Å². The first-order chi connectivity index (χ1) is 37.3. The summed E-state index contributed by atoms with van der Waals surface area (Å²) < 4.78 is 0. The van der Waals surface area contributed by atoms with Gasteiger partial charge >= 0.3 is 0 Å². The zero-order chi connectivity index (χ0) is 54.5. The van der Waals surface area contributed by atoms with E-state index in [0.717, 1.165) is 11.4 Å². The van der Waals surface area contributed by atoms with Crippen molar-refractivity contribution in [3.05, 3.63) is 244 Å². The standard InChI is InChI=1S/C75H71BN2/c1-46-34-47(2)72(48(3)35-46)59-42-68-73-69(43-59)78(63-29-21-27-61(45-63)75(11,12)13)67-41-56(71-51(6)38-58(39-52(71)7)54-24-18-15-19-25-54)31-33-65(67)76(73)64-32-30-55(40-66(64)77(68)62-28-20-26-60(44-62)74(8,9)10)70-49(4)36-57(37-50(70)5)53-22-16-14-17-23-53/h14-45H,1-13H3. The van der Waals surface area contributed by atoms with Crippen molar-refractivity contribution in [1.82, 2.24) is 0 Å². The summed E-state index contributed by atoms with van der Waals surface area (Å²) >= 11 is 0. The molecule has 10 aromatic carbocycles. The van der Waals surface area contributed by atoms with Crippen molar-refractivity contribution in [2.75, 3.05) is 9.80 Å². The lowest BCUT2D eigenvalue weighted by Crippen LogP contribution is -2.61. The van der Waals surface area contributed by atoms with Gasteiger partial charge in [-0.3, -0.25) is 0 Å². The van der Waals surface area contributed by atoms with Gasteiger partial charge in [-0.05, 0) is 224 Å². The molecule has 2 aliphatic rings. The summed E-state index contributed by atoms with van der Waals surface area (Å²) in [4.78, 5) is 5.25. The monoisotopic (exact) mass is 1010 g/mol. The van der Waals surface area contributed by atoms with Gasteiger partial charge in [0.05, 0.1) is 0 Å². The Morgan fingerprint density at radius 1 is 0.295 bits per heavy atom. The molecule has 0 spiro atoms. The molecule has 0 atom stereocenters. The largest absolute Gasteiger partial charge is 0.311 e. The fraction of sp³-hybridized carbons (Fsp3) is 0.200. The lowest BCUT2D eigenvalue weighted by atomic mass is 9.33. The molecule has 2 aliphatic heterocycles. The van der Waals surface area contributed by atoms with E-state index in [2.05, 4.69) is 294 Å². The topological polar surface area (TPSA) is 6.48 Å². The summed E-state index contributed by atoms with van der Waals surface area (Å²) in [7, 11) is 0. The van der Waals surface area contributed by atoms with Crippen molar-refractivity contribution in [3.63, 3.8) is 0 Å². The van der Waals surface area contributed by atoms with E-state index in [-0.39, 0.29) is 17.5 Å². The van der Waals surface area contributed by atoms with Crippen molar-refractivity contribution >= 4 is 57.2 Å². The summed E-state index contributed by atoms with van der Waals surface area (Å²) in [5, 5.41) is 0. The second-order valence-electron chi connectivity index (χ2n) is 24.7. The maximum absolute atomic E-state index is 2.62. The molecule has 10 aromatic rings. The van der Waals surface area contributed by atoms with Crippen LogP contribution in [0.1, 0.15) is 91.6 Å². The van der Waals surface area contributed by atoms with E-state index < -0.39 is 0 Å². The van der Waals surface area contributed by atoms with Gasteiger partial charge in [0, 0.05) is 34.1 Å². The molecular weight excluding hydrogens is 940 g/mol. The van der Waals surface area contributed by atoms with Gasteiger partial charge < -0.3 is 9.80 Å². The molecule has 0 N–H and O–H groups in total. The molecule has 12 rings (SSSR count). The zero-order valence-electron chi connectivity index (χ0n) is 47.9. The predicted molar refractivity (Wildman–Crippen MR) is 338 cm³/mol. The van der Waals surface area contributed by atoms with Crippen LogP contribution in [0.25, 0.3) is 55.6 Å². The van der Waals surface area contributed by atoms with Crippen LogP contribution in [0.5, 0.6) is 0 Å². The summed E-state index contributed by atoms with van der Waals surface area (Å²) in [6.45, 7) is 29.9. The average molecular weight is 1010 g/mol. The van der Waals surface area contributed by atoms with E-state index in [4.69, 9.17) is 0 Å². The molecule has 2 heterocycles. The van der Waals surface area contributed by atoms with Gasteiger partial charge in [0.1, 0.15) is 0 Å². The number of hydrogen-bond donors (Lipinski definition) is 0. The molecule has 0 fully saturated rings. The first kappa shape index (κ1) is 50.7. The number of anilines is 6. The minimum Gasteiger partial charge on any atom is -0.311 e. The van der Waals surface area contributed by atoms with E-state index in [0.29, 0.717) is 0 Å². The number of aryl methyl sites for hydroxylation is 7. The molecule has 0 saturated heterocycles. The molecule has 0 aromatic heterocycles. The highest BCUT2D eigenvalue weighted by molar-refractivity contribution is 7.00. The third-order valence-electron chi connectivity index (χ3n) is 16.8. The first-order valence-electron chi connectivity index (χ1n) is 28.0. The Morgan fingerprint density at radius 3 is 1.04 bits per heavy atom. The minimum absolute atomic E-state index is 0.0603. The third-order valence-corrected chi connectivity index (χ3v) is 16.8. The van der Waals surface area contributed by atoms with Crippen LogP contribution >= 0.6 is 0 Å². The highest BCUT2D eigenvalue weighted by Gasteiger charge is 2.44. The second-order valence-corrected chi connectivity index (χ2v) is 24.7. The predicted octanol–water partition coefficient (Wildman–Crippen LogP) is 18.9. The van der Waals surface area contributed by atoms with E-state index >= 15 is 0 Å². The number of benzene rings is 10. The molecule has 2 nitrogen and oxygen atoms in total. The van der Waals surface area contributed by atoms with Crippen molar-refractivity contribution in [1.29, 1.82) is 0 Å². The third kappa shape index (κ3) is 8.78. The van der Waals surface area contributed by atoms with Crippen molar-refractivity contribution in [3.8, 4) is 55.6 Å². The normalized spacial score (nSPS) is 12.9. The van der Waals surface area contributed by atoms with E-state index in [1.165, 1.54) is 145 Å². The van der Waals surface area contributed by atoms with Crippen molar-refractivity contribution in [2.24, 2.45) is 0 Å². The summed E-state index contributed by atoms with van der Waals surface area (Å²) in [5.74, 6) is 0. The van der Waals surface area contributed by atoms with Crippen molar-refractivity contribution < 1.29 is 0 Å². The Kier molecular flexibility index (Phi) is 12.4. The Morgan fingerprint density at radius 2 is 0.654 bits per heavy atom. The summed E-state index contributed by atoms with van der Waals surface area (Å²) in [6, 6.07) is 74.4. The first-order valence-corrected chi connectivity index (χ1v) is 28.0. The quantitative estimate of drug-likeness (QED) is 0.147. The molecule has 384 valence electrons. The van der Waals surface area contributed by atoms with E-state index in [1.54, 1.807) is 0 Å². The number of nitrogens with zero attached hydrogens (tertiary/aromatic N) is 2. The van der Waals surface area contributed by atoms with Crippen molar-refractivity contribution in [2.45, 2.75) is 101 Å². The lowest BCUT2D eigenvalue weighted by Gasteiger charge is -2.45. The molecule has 0 amide bonds. The fourth-order valence-corrected chi connectivity index (χ4v) is 13.3. The summed E-state index contributed by atoms with van der Waals surface area (Å²) in [6.07, 6.45) is 0. The van der Waals surface area contributed by atoms with E-state index in [1.807, 2.05) is 0 Å². The van der Waals surface area contributed by atoms with Gasteiger partial charge in [0.15, 0.2) is 0 Å². The molecular formula is C75H71BN2. The Hall–Kier alpha value is -8.14. The smallest absolute Gasteiger partial charge is 0.252 e. The van der Waals surface area contributed by atoms with Gasteiger partial charge in [-0.15, -0.1) is 0 Å². The Bertz CT molecular complexity index is 3720. The lowest BCUT2D eigenvalue weighted by molar-refractivity contribution is 0.590. The molecule has 0 radical (unpaired) electrons. The minimum atomic E-state index is -0.0632. The highest BCUT2D eigenvalue weighted by atomic mass is 15.2. The van der Waals surface area contributed by atoms with Crippen LogP contribution < -0.4 is 26.2 Å². The average Bonchev–Trinajstić information content (AvgIpc) is 3.37. The zero-order valence-corrected chi connectivity index (χ0v) is 47.9. The van der Waals surface area contributed by atoms with Gasteiger partial charge in [-0.2, -0.15) is 0 Å². The maximum Gasteiger partial charge on any atom is 0.252 e. The molecule has 3 heteroatoms.